The maximum Gasteiger partial charge on any atom is 0.407 e. The van der Waals surface area contributed by atoms with Crippen LogP contribution in [0.15, 0.2) is 24.3 Å². The van der Waals surface area contributed by atoms with Gasteiger partial charge in [-0.05, 0) is 17.5 Å². The summed E-state index contributed by atoms with van der Waals surface area (Å²) in [7, 11) is 0. The smallest absolute Gasteiger partial charge is 0.316 e. The van der Waals surface area contributed by atoms with Crippen LogP contribution in [-0.2, 0) is 6.42 Å². The van der Waals surface area contributed by atoms with Crippen LogP contribution in [0.25, 0.3) is 0 Å². The lowest BCUT2D eigenvalue weighted by molar-refractivity contribution is -0.149. The van der Waals surface area contributed by atoms with E-state index in [0.717, 1.165) is 18.4 Å². The second-order valence-corrected chi connectivity index (χ2v) is 3.51. The lowest BCUT2D eigenvalue weighted by atomic mass is 10.0. The molecule has 1 aromatic carbocycles. The Kier molecular flexibility index (Phi) is 3.74. The molecule has 1 aromatic rings. The highest BCUT2D eigenvalue weighted by molar-refractivity contribution is 5.25. The standard InChI is InChI=1S/C11H14F3N/c1-2-3-8-4-6-9(7-5-8)10(15)11(12,13)14/h4-7,10H,2-3,15H2,1H3. The zero-order valence-electron chi connectivity index (χ0n) is 8.51. The van der Waals surface area contributed by atoms with E-state index in [1.54, 1.807) is 12.1 Å². The molecule has 0 saturated heterocycles. The predicted octanol–water partition coefficient (Wildman–Crippen LogP) is 3.20. The van der Waals surface area contributed by atoms with Crippen LogP contribution in [0, 0.1) is 0 Å². The molecular formula is C11H14F3N. The maximum absolute atomic E-state index is 12.3. The molecule has 2 N–H and O–H groups in total. The van der Waals surface area contributed by atoms with Crippen molar-refractivity contribution in [3.05, 3.63) is 35.4 Å². The lowest BCUT2D eigenvalue weighted by Crippen LogP contribution is -2.28. The van der Waals surface area contributed by atoms with Gasteiger partial charge in [0.05, 0.1) is 0 Å². The van der Waals surface area contributed by atoms with Crippen LogP contribution < -0.4 is 5.73 Å². The summed E-state index contributed by atoms with van der Waals surface area (Å²) < 4.78 is 36.8. The molecule has 0 saturated carbocycles. The Labute approximate surface area is 87.1 Å². The fourth-order valence-corrected chi connectivity index (χ4v) is 1.37. The highest BCUT2D eigenvalue weighted by Gasteiger charge is 2.37. The molecule has 0 radical (unpaired) electrons. The van der Waals surface area contributed by atoms with Gasteiger partial charge in [0, 0.05) is 0 Å². The van der Waals surface area contributed by atoms with Gasteiger partial charge in [0.1, 0.15) is 6.04 Å². The minimum Gasteiger partial charge on any atom is -0.316 e. The van der Waals surface area contributed by atoms with E-state index in [4.69, 9.17) is 5.73 Å². The molecular weight excluding hydrogens is 203 g/mol. The Balaban J connectivity index is 2.80. The van der Waals surface area contributed by atoms with Crippen LogP contribution in [0.1, 0.15) is 30.5 Å². The van der Waals surface area contributed by atoms with E-state index < -0.39 is 12.2 Å². The number of hydrogen-bond acceptors (Lipinski definition) is 1. The van der Waals surface area contributed by atoms with Gasteiger partial charge < -0.3 is 5.73 Å². The van der Waals surface area contributed by atoms with E-state index in [1.165, 1.54) is 12.1 Å². The highest BCUT2D eigenvalue weighted by atomic mass is 19.4. The summed E-state index contributed by atoms with van der Waals surface area (Å²) in [6.45, 7) is 2.02. The largest absolute Gasteiger partial charge is 0.407 e. The Morgan fingerprint density at radius 1 is 1.20 bits per heavy atom. The zero-order valence-corrected chi connectivity index (χ0v) is 8.51. The third-order valence-electron chi connectivity index (χ3n) is 2.23. The number of rotatable bonds is 3. The normalized spacial score (nSPS) is 13.9. The zero-order chi connectivity index (χ0) is 11.5. The molecule has 1 unspecified atom stereocenters. The minimum absolute atomic E-state index is 0.113. The Bertz CT molecular complexity index is 303. The number of hydrogen-bond donors (Lipinski definition) is 1. The second-order valence-electron chi connectivity index (χ2n) is 3.51. The Morgan fingerprint density at radius 2 is 1.73 bits per heavy atom. The third kappa shape index (κ3) is 3.23. The quantitative estimate of drug-likeness (QED) is 0.826. The molecule has 0 aliphatic rings. The number of nitrogens with two attached hydrogens (primary N) is 1. The Hall–Kier alpha value is -1.03. The average molecular weight is 217 g/mol. The first-order chi connectivity index (χ1) is 6.95. The van der Waals surface area contributed by atoms with Gasteiger partial charge in [-0.25, -0.2) is 0 Å². The molecule has 84 valence electrons. The number of halogens is 3. The van der Waals surface area contributed by atoms with E-state index in [0.29, 0.717) is 0 Å². The fraction of sp³-hybridized carbons (Fsp3) is 0.455. The summed E-state index contributed by atoms with van der Waals surface area (Å²) in [6.07, 6.45) is -2.52. The molecule has 1 nitrogen and oxygen atoms in total. The summed E-state index contributed by atoms with van der Waals surface area (Å²) in [5.74, 6) is 0. The van der Waals surface area contributed by atoms with Crippen molar-refractivity contribution < 1.29 is 13.2 Å². The molecule has 0 aromatic heterocycles. The summed E-state index contributed by atoms with van der Waals surface area (Å²) in [5.41, 5.74) is 6.22. The molecule has 0 amide bonds. The first kappa shape index (κ1) is 12.0. The highest BCUT2D eigenvalue weighted by Crippen LogP contribution is 2.30. The molecule has 0 bridgehead atoms. The van der Waals surface area contributed by atoms with Crippen LogP contribution in [-0.4, -0.2) is 6.18 Å². The molecule has 1 atom stereocenters. The number of aryl methyl sites for hydroxylation is 1. The van der Waals surface area contributed by atoms with Gasteiger partial charge in [0.15, 0.2) is 0 Å². The van der Waals surface area contributed by atoms with E-state index >= 15 is 0 Å². The molecule has 0 heterocycles. The SMILES string of the molecule is CCCc1ccc(C(N)C(F)(F)F)cc1. The summed E-state index contributed by atoms with van der Waals surface area (Å²) >= 11 is 0. The molecule has 1 rings (SSSR count). The molecule has 0 aliphatic carbocycles. The molecule has 0 fully saturated rings. The summed E-state index contributed by atoms with van der Waals surface area (Å²) in [5, 5.41) is 0. The first-order valence-electron chi connectivity index (χ1n) is 4.86. The minimum atomic E-state index is -4.37. The predicted molar refractivity (Wildman–Crippen MR) is 53.4 cm³/mol. The van der Waals surface area contributed by atoms with Crippen molar-refractivity contribution in [2.75, 3.05) is 0 Å². The monoisotopic (exact) mass is 217 g/mol. The van der Waals surface area contributed by atoms with Crippen LogP contribution in [0.2, 0.25) is 0 Å². The van der Waals surface area contributed by atoms with Crippen molar-refractivity contribution in [3.8, 4) is 0 Å². The van der Waals surface area contributed by atoms with Gasteiger partial charge >= 0.3 is 6.18 Å². The second kappa shape index (κ2) is 4.66. The van der Waals surface area contributed by atoms with Crippen LogP contribution in [0.3, 0.4) is 0 Å². The molecule has 15 heavy (non-hydrogen) atoms. The number of benzene rings is 1. The first-order valence-corrected chi connectivity index (χ1v) is 4.86. The number of alkyl halides is 3. The molecule has 0 aliphatic heterocycles. The summed E-state index contributed by atoms with van der Waals surface area (Å²) in [6, 6.07) is 4.41. The van der Waals surface area contributed by atoms with E-state index in [9.17, 15) is 13.2 Å². The van der Waals surface area contributed by atoms with Crippen LogP contribution in [0.4, 0.5) is 13.2 Å². The van der Waals surface area contributed by atoms with Gasteiger partial charge in [-0.1, -0.05) is 37.6 Å². The lowest BCUT2D eigenvalue weighted by Gasteiger charge is -2.15. The van der Waals surface area contributed by atoms with Gasteiger partial charge in [0.2, 0.25) is 0 Å². The maximum atomic E-state index is 12.3. The van der Waals surface area contributed by atoms with Gasteiger partial charge in [-0.15, -0.1) is 0 Å². The van der Waals surface area contributed by atoms with E-state index in [2.05, 4.69) is 0 Å². The van der Waals surface area contributed by atoms with Gasteiger partial charge in [-0.3, -0.25) is 0 Å². The van der Waals surface area contributed by atoms with Crippen LogP contribution >= 0.6 is 0 Å². The van der Waals surface area contributed by atoms with Crippen molar-refractivity contribution in [1.29, 1.82) is 0 Å². The van der Waals surface area contributed by atoms with Crippen molar-refractivity contribution in [2.24, 2.45) is 5.73 Å². The van der Waals surface area contributed by atoms with Crippen LogP contribution in [0.5, 0.6) is 0 Å². The molecule has 4 heteroatoms. The van der Waals surface area contributed by atoms with Crippen molar-refractivity contribution >= 4 is 0 Å². The molecule has 0 spiro atoms. The van der Waals surface area contributed by atoms with E-state index in [-0.39, 0.29) is 5.56 Å². The van der Waals surface area contributed by atoms with Crippen molar-refractivity contribution in [3.63, 3.8) is 0 Å². The third-order valence-corrected chi connectivity index (χ3v) is 2.23. The van der Waals surface area contributed by atoms with Crippen molar-refractivity contribution in [2.45, 2.75) is 32.0 Å². The van der Waals surface area contributed by atoms with Crippen molar-refractivity contribution in [1.82, 2.24) is 0 Å². The topological polar surface area (TPSA) is 26.0 Å². The summed E-state index contributed by atoms with van der Waals surface area (Å²) in [4.78, 5) is 0. The van der Waals surface area contributed by atoms with Gasteiger partial charge in [-0.2, -0.15) is 13.2 Å². The van der Waals surface area contributed by atoms with Gasteiger partial charge in [0.25, 0.3) is 0 Å². The average Bonchev–Trinajstić information content (AvgIpc) is 2.17. The fourth-order valence-electron chi connectivity index (χ4n) is 1.37. The van der Waals surface area contributed by atoms with E-state index in [1.807, 2.05) is 6.92 Å². The Morgan fingerprint density at radius 3 is 2.13 bits per heavy atom.